The molecule has 2 rings (SSSR count). The molecule has 0 unspecified atom stereocenters. The van der Waals surface area contributed by atoms with Gasteiger partial charge in [0.05, 0.1) is 6.61 Å². The van der Waals surface area contributed by atoms with E-state index in [1.165, 1.54) is 11.1 Å². The summed E-state index contributed by atoms with van der Waals surface area (Å²) in [6, 6.07) is 6.51. The Hall–Kier alpha value is -1.02. The first-order valence-corrected chi connectivity index (χ1v) is 9.53. The Balaban J connectivity index is 0.00000338. The average molecular weight is 475 g/mol. The lowest BCUT2D eigenvalue weighted by atomic mass is 10.1. The standard InChI is InChI=1S/C20H33N3O2.HI/c1-4-21-20(22-10-5-12-24-15-16(2)3)23-11-8-17-6-7-19-18(14-17)9-13-25-19;/h6-7,14,16H,4-5,8-13,15H2,1-3H3,(H2,21,22,23);1H. The number of aliphatic imine (C=N–C) groups is 1. The number of nitrogens with one attached hydrogen (secondary N) is 2. The molecule has 148 valence electrons. The van der Waals surface area contributed by atoms with Crippen molar-refractivity contribution in [2.45, 2.75) is 40.0 Å². The van der Waals surface area contributed by atoms with Crippen LogP contribution in [0.25, 0.3) is 0 Å². The number of halogens is 1. The predicted molar refractivity (Wildman–Crippen MR) is 119 cm³/mol. The van der Waals surface area contributed by atoms with Crippen LogP contribution in [0.2, 0.25) is 0 Å². The number of fused-ring (bicyclic) bond motifs is 1. The van der Waals surface area contributed by atoms with E-state index in [-0.39, 0.29) is 24.0 Å². The quantitative estimate of drug-likeness (QED) is 0.236. The summed E-state index contributed by atoms with van der Waals surface area (Å²) in [5, 5.41) is 6.71. The third-order valence-electron chi connectivity index (χ3n) is 3.97. The van der Waals surface area contributed by atoms with Crippen LogP contribution in [-0.2, 0) is 17.6 Å². The van der Waals surface area contributed by atoms with Gasteiger partial charge in [0.2, 0.25) is 0 Å². The van der Waals surface area contributed by atoms with E-state index in [4.69, 9.17) is 9.47 Å². The molecule has 0 amide bonds. The molecule has 1 aliphatic rings. The fraction of sp³-hybridized carbons (Fsp3) is 0.650. The first kappa shape index (κ1) is 23.0. The van der Waals surface area contributed by atoms with Crippen molar-refractivity contribution in [3.63, 3.8) is 0 Å². The van der Waals surface area contributed by atoms with Gasteiger partial charge >= 0.3 is 0 Å². The van der Waals surface area contributed by atoms with Crippen molar-refractivity contribution in [3.8, 4) is 5.75 Å². The number of guanidine groups is 1. The minimum atomic E-state index is 0. The lowest BCUT2D eigenvalue weighted by molar-refractivity contribution is 0.109. The third-order valence-corrected chi connectivity index (χ3v) is 3.97. The smallest absolute Gasteiger partial charge is 0.191 e. The Labute approximate surface area is 175 Å². The van der Waals surface area contributed by atoms with Crippen molar-refractivity contribution in [2.75, 3.05) is 39.5 Å². The van der Waals surface area contributed by atoms with Crippen LogP contribution in [0.1, 0.15) is 38.3 Å². The minimum Gasteiger partial charge on any atom is -0.493 e. The first-order valence-electron chi connectivity index (χ1n) is 9.53. The second-order valence-electron chi connectivity index (χ2n) is 6.80. The highest BCUT2D eigenvalue weighted by Gasteiger charge is 2.11. The summed E-state index contributed by atoms with van der Waals surface area (Å²) in [6.45, 7) is 11.4. The van der Waals surface area contributed by atoms with Crippen molar-refractivity contribution in [3.05, 3.63) is 29.3 Å². The molecule has 1 heterocycles. The molecule has 0 spiro atoms. The first-order chi connectivity index (χ1) is 12.2. The summed E-state index contributed by atoms with van der Waals surface area (Å²) in [5.41, 5.74) is 2.68. The molecule has 0 bridgehead atoms. The van der Waals surface area contributed by atoms with Gasteiger partial charge in [0, 0.05) is 39.3 Å². The van der Waals surface area contributed by atoms with Gasteiger partial charge in [-0.1, -0.05) is 26.0 Å². The largest absolute Gasteiger partial charge is 0.493 e. The fourth-order valence-corrected chi connectivity index (χ4v) is 2.74. The monoisotopic (exact) mass is 475 g/mol. The molecular formula is C20H34IN3O2. The van der Waals surface area contributed by atoms with Crippen molar-refractivity contribution >= 4 is 29.9 Å². The van der Waals surface area contributed by atoms with Gasteiger partial charge in [0.25, 0.3) is 0 Å². The van der Waals surface area contributed by atoms with Gasteiger partial charge in [-0.3, -0.25) is 4.99 Å². The molecule has 1 aromatic carbocycles. The van der Waals surface area contributed by atoms with Gasteiger partial charge in [-0.25, -0.2) is 0 Å². The van der Waals surface area contributed by atoms with Gasteiger partial charge in [0.15, 0.2) is 5.96 Å². The predicted octanol–water partition coefficient (Wildman–Crippen LogP) is 3.40. The molecule has 1 aromatic rings. The normalized spacial score (nSPS) is 13.2. The molecule has 0 atom stereocenters. The van der Waals surface area contributed by atoms with Gasteiger partial charge in [-0.15, -0.1) is 24.0 Å². The molecular weight excluding hydrogens is 441 g/mol. The SMILES string of the molecule is CCNC(=NCCCOCC(C)C)NCCc1ccc2c(c1)CCO2.I. The van der Waals surface area contributed by atoms with E-state index in [1.54, 1.807) is 0 Å². The number of hydrogen-bond acceptors (Lipinski definition) is 3. The van der Waals surface area contributed by atoms with Crippen molar-refractivity contribution in [1.29, 1.82) is 0 Å². The van der Waals surface area contributed by atoms with Gasteiger partial charge in [0.1, 0.15) is 5.75 Å². The molecule has 0 saturated heterocycles. The van der Waals surface area contributed by atoms with Crippen LogP contribution in [0.4, 0.5) is 0 Å². The van der Waals surface area contributed by atoms with Gasteiger partial charge < -0.3 is 20.1 Å². The molecule has 6 heteroatoms. The molecule has 26 heavy (non-hydrogen) atoms. The second-order valence-corrected chi connectivity index (χ2v) is 6.80. The summed E-state index contributed by atoms with van der Waals surface area (Å²) in [4.78, 5) is 4.61. The third kappa shape index (κ3) is 8.58. The van der Waals surface area contributed by atoms with Crippen molar-refractivity contribution in [1.82, 2.24) is 10.6 Å². The molecule has 5 nitrogen and oxygen atoms in total. The number of hydrogen-bond donors (Lipinski definition) is 2. The lowest BCUT2D eigenvalue weighted by Gasteiger charge is -2.12. The molecule has 0 saturated carbocycles. The van der Waals surface area contributed by atoms with E-state index in [2.05, 4.69) is 54.6 Å². The molecule has 0 radical (unpaired) electrons. The van der Waals surface area contributed by atoms with Crippen molar-refractivity contribution < 1.29 is 9.47 Å². The van der Waals surface area contributed by atoms with Crippen LogP contribution in [0.15, 0.2) is 23.2 Å². The molecule has 0 fully saturated rings. The summed E-state index contributed by atoms with van der Waals surface area (Å²) in [7, 11) is 0. The zero-order valence-electron chi connectivity index (χ0n) is 16.3. The van der Waals surface area contributed by atoms with Crippen LogP contribution in [0.5, 0.6) is 5.75 Å². The maximum Gasteiger partial charge on any atom is 0.191 e. The average Bonchev–Trinajstić information content (AvgIpc) is 3.05. The lowest BCUT2D eigenvalue weighted by Crippen LogP contribution is -2.38. The van der Waals surface area contributed by atoms with Gasteiger partial charge in [-0.05, 0) is 42.9 Å². The molecule has 0 aliphatic carbocycles. The van der Waals surface area contributed by atoms with Crippen LogP contribution in [0, 0.1) is 5.92 Å². The van der Waals surface area contributed by atoms with E-state index >= 15 is 0 Å². The van der Waals surface area contributed by atoms with E-state index in [0.29, 0.717) is 5.92 Å². The van der Waals surface area contributed by atoms with Crippen LogP contribution in [-0.4, -0.2) is 45.4 Å². The maximum absolute atomic E-state index is 5.59. The highest BCUT2D eigenvalue weighted by atomic mass is 127. The Morgan fingerprint density at radius 3 is 2.92 bits per heavy atom. The molecule has 2 N–H and O–H groups in total. The van der Waals surface area contributed by atoms with Crippen LogP contribution in [0.3, 0.4) is 0 Å². The van der Waals surface area contributed by atoms with E-state index in [1.807, 2.05) is 0 Å². The minimum absolute atomic E-state index is 0. The van der Waals surface area contributed by atoms with Crippen LogP contribution >= 0.6 is 24.0 Å². The zero-order valence-corrected chi connectivity index (χ0v) is 18.7. The van der Waals surface area contributed by atoms with Crippen LogP contribution < -0.4 is 15.4 Å². The maximum atomic E-state index is 5.59. The van der Waals surface area contributed by atoms with Gasteiger partial charge in [-0.2, -0.15) is 0 Å². The number of nitrogens with zero attached hydrogens (tertiary/aromatic N) is 1. The topological polar surface area (TPSA) is 54.9 Å². The highest BCUT2D eigenvalue weighted by molar-refractivity contribution is 14.0. The van der Waals surface area contributed by atoms with E-state index in [9.17, 15) is 0 Å². The Bertz CT molecular complexity index is 550. The summed E-state index contributed by atoms with van der Waals surface area (Å²) >= 11 is 0. The second kappa shape index (κ2) is 13.2. The van der Waals surface area contributed by atoms with E-state index in [0.717, 1.165) is 70.4 Å². The number of ether oxygens (including phenoxy) is 2. The number of rotatable bonds is 10. The summed E-state index contributed by atoms with van der Waals surface area (Å²) in [5.74, 6) is 2.52. The fourth-order valence-electron chi connectivity index (χ4n) is 2.74. The number of benzene rings is 1. The zero-order chi connectivity index (χ0) is 17.9. The van der Waals surface area contributed by atoms with Crippen molar-refractivity contribution in [2.24, 2.45) is 10.9 Å². The Morgan fingerprint density at radius 2 is 2.15 bits per heavy atom. The summed E-state index contributed by atoms with van der Waals surface area (Å²) in [6.07, 6.45) is 2.96. The molecule has 1 aliphatic heterocycles. The molecule has 0 aromatic heterocycles. The van der Waals surface area contributed by atoms with E-state index < -0.39 is 0 Å². The Kier molecular flexibility index (Phi) is 11.7. The highest BCUT2D eigenvalue weighted by Crippen LogP contribution is 2.25. The Morgan fingerprint density at radius 1 is 1.31 bits per heavy atom. The summed E-state index contributed by atoms with van der Waals surface area (Å²) < 4.78 is 11.2.